The summed E-state index contributed by atoms with van der Waals surface area (Å²) in [7, 11) is 0. The van der Waals surface area contributed by atoms with E-state index >= 15 is 0 Å². The van der Waals surface area contributed by atoms with Crippen molar-refractivity contribution in [3.05, 3.63) is 23.7 Å². The van der Waals surface area contributed by atoms with E-state index in [4.69, 9.17) is 9.15 Å². The topological polar surface area (TPSA) is 56.5 Å². The van der Waals surface area contributed by atoms with Crippen LogP contribution in [0.4, 0.5) is 0 Å². The van der Waals surface area contributed by atoms with Crippen LogP contribution in [0.15, 0.2) is 16.7 Å². The molecule has 1 heterocycles. The van der Waals surface area contributed by atoms with Gasteiger partial charge in [-0.2, -0.15) is 0 Å². The first kappa shape index (κ1) is 13.5. The molecule has 4 nitrogen and oxygen atoms in total. The van der Waals surface area contributed by atoms with Gasteiger partial charge < -0.3 is 9.15 Å². The zero-order valence-corrected chi connectivity index (χ0v) is 10.9. The number of carbonyl (C=O) groups is 2. The highest BCUT2D eigenvalue weighted by atomic mass is 16.6. The van der Waals surface area contributed by atoms with Crippen LogP contribution in [0.1, 0.15) is 43.8 Å². The lowest BCUT2D eigenvalue weighted by atomic mass is 10.0. The third kappa shape index (κ3) is 3.44. The van der Waals surface area contributed by atoms with E-state index in [1.807, 2.05) is 0 Å². The Balaban J connectivity index is 2.78. The predicted octanol–water partition coefficient (Wildman–Crippen LogP) is 2.75. The molecule has 4 heteroatoms. The van der Waals surface area contributed by atoms with Gasteiger partial charge in [-0.3, -0.25) is 9.59 Å². The first-order chi connectivity index (χ1) is 7.72. The van der Waals surface area contributed by atoms with Crippen molar-refractivity contribution in [1.82, 2.24) is 0 Å². The quantitative estimate of drug-likeness (QED) is 0.461. The number of carbonyl (C=O) groups excluding carboxylic acids is 2. The summed E-state index contributed by atoms with van der Waals surface area (Å²) in [5, 5.41) is 0. The molecule has 0 bridgehead atoms. The Morgan fingerprint density at radius 2 is 1.94 bits per heavy atom. The SMILES string of the molecule is Cc1ccoc1C(=O)C(C)C(=O)OC(C)(C)C. The highest BCUT2D eigenvalue weighted by molar-refractivity contribution is 6.07. The molecule has 0 amide bonds. The smallest absolute Gasteiger partial charge is 0.317 e. The molecule has 17 heavy (non-hydrogen) atoms. The van der Waals surface area contributed by atoms with Crippen LogP contribution in [-0.2, 0) is 9.53 Å². The van der Waals surface area contributed by atoms with Crippen molar-refractivity contribution in [3.8, 4) is 0 Å². The molecule has 1 unspecified atom stereocenters. The van der Waals surface area contributed by atoms with Gasteiger partial charge in [0.15, 0.2) is 5.76 Å². The molecule has 0 aliphatic rings. The van der Waals surface area contributed by atoms with Crippen LogP contribution in [0, 0.1) is 12.8 Å². The fraction of sp³-hybridized carbons (Fsp3) is 0.538. The van der Waals surface area contributed by atoms with Gasteiger partial charge in [0.2, 0.25) is 5.78 Å². The van der Waals surface area contributed by atoms with Gasteiger partial charge in [0.25, 0.3) is 0 Å². The molecule has 0 N–H and O–H groups in total. The van der Waals surface area contributed by atoms with E-state index in [1.54, 1.807) is 33.8 Å². The van der Waals surface area contributed by atoms with Gasteiger partial charge in [0.1, 0.15) is 11.5 Å². The molecule has 0 aromatic carbocycles. The number of hydrogen-bond donors (Lipinski definition) is 0. The molecule has 1 atom stereocenters. The zero-order chi connectivity index (χ0) is 13.2. The second kappa shape index (κ2) is 4.73. The molecular weight excluding hydrogens is 220 g/mol. The lowest BCUT2D eigenvalue weighted by molar-refractivity contribution is -0.157. The molecule has 0 aliphatic carbocycles. The molecule has 0 saturated heterocycles. The number of esters is 1. The van der Waals surface area contributed by atoms with E-state index in [-0.39, 0.29) is 11.5 Å². The first-order valence-electron chi connectivity index (χ1n) is 5.53. The van der Waals surface area contributed by atoms with Gasteiger partial charge >= 0.3 is 5.97 Å². The molecule has 0 saturated carbocycles. The van der Waals surface area contributed by atoms with Crippen molar-refractivity contribution in [3.63, 3.8) is 0 Å². The maximum absolute atomic E-state index is 12.0. The molecule has 1 aromatic heterocycles. The fourth-order valence-corrected chi connectivity index (χ4v) is 1.32. The largest absolute Gasteiger partial charge is 0.461 e. The van der Waals surface area contributed by atoms with Crippen LogP contribution < -0.4 is 0 Å². The third-order valence-electron chi connectivity index (χ3n) is 2.24. The van der Waals surface area contributed by atoms with Crippen molar-refractivity contribution in [2.45, 2.75) is 40.2 Å². The molecule has 0 spiro atoms. The van der Waals surface area contributed by atoms with Crippen molar-refractivity contribution >= 4 is 11.8 Å². The minimum Gasteiger partial charge on any atom is -0.461 e. The van der Waals surface area contributed by atoms with Crippen molar-refractivity contribution < 1.29 is 18.7 Å². The van der Waals surface area contributed by atoms with Crippen LogP contribution in [0.5, 0.6) is 0 Å². The van der Waals surface area contributed by atoms with Crippen LogP contribution in [0.2, 0.25) is 0 Å². The number of Topliss-reactive ketones (excluding diaryl/α,β-unsaturated/α-hetero) is 1. The van der Waals surface area contributed by atoms with E-state index < -0.39 is 17.5 Å². The molecule has 0 fully saturated rings. The lowest BCUT2D eigenvalue weighted by Gasteiger charge is -2.21. The zero-order valence-electron chi connectivity index (χ0n) is 10.9. The Morgan fingerprint density at radius 3 is 2.35 bits per heavy atom. The van der Waals surface area contributed by atoms with Crippen LogP contribution in [0.25, 0.3) is 0 Å². The summed E-state index contributed by atoms with van der Waals surface area (Å²) in [5.74, 6) is -1.50. The predicted molar refractivity (Wildman–Crippen MR) is 62.8 cm³/mol. The monoisotopic (exact) mass is 238 g/mol. The number of hydrogen-bond acceptors (Lipinski definition) is 4. The summed E-state index contributed by atoms with van der Waals surface area (Å²) >= 11 is 0. The Hall–Kier alpha value is -1.58. The van der Waals surface area contributed by atoms with Gasteiger partial charge in [0.05, 0.1) is 6.26 Å². The maximum atomic E-state index is 12.0. The molecule has 94 valence electrons. The second-order valence-electron chi connectivity index (χ2n) is 5.05. The van der Waals surface area contributed by atoms with E-state index in [9.17, 15) is 9.59 Å². The summed E-state index contributed by atoms with van der Waals surface area (Å²) in [4.78, 5) is 23.7. The highest BCUT2D eigenvalue weighted by Crippen LogP contribution is 2.18. The van der Waals surface area contributed by atoms with Gasteiger partial charge in [-0.05, 0) is 46.2 Å². The molecule has 1 rings (SSSR count). The summed E-state index contributed by atoms with van der Waals surface area (Å²) in [6, 6.07) is 1.69. The normalized spacial score (nSPS) is 13.2. The van der Waals surface area contributed by atoms with Crippen molar-refractivity contribution in [2.24, 2.45) is 5.92 Å². The van der Waals surface area contributed by atoms with Gasteiger partial charge in [0, 0.05) is 0 Å². The van der Waals surface area contributed by atoms with Gasteiger partial charge in [-0.15, -0.1) is 0 Å². The van der Waals surface area contributed by atoms with Crippen molar-refractivity contribution in [2.75, 3.05) is 0 Å². The summed E-state index contributed by atoms with van der Waals surface area (Å²) in [6.07, 6.45) is 1.43. The molecular formula is C13H18O4. The van der Waals surface area contributed by atoms with Gasteiger partial charge in [-0.25, -0.2) is 0 Å². The van der Waals surface area contributed by atoms with Crippen LogP contribution >= 0.6 is 0 Å². The number of rotatable bonds is 3. The first-order valence-corrected chi connectivity index (χ1v) is 5.53. The third-order valence-corrected chi connectivity index (χ3v) is 2.24. The van der Waals surface area contributed by atoms with Crippen LogP contribution in [0.3, 0.4) is 0 Å². The minimum atomic E-state index is -0.848. The molecule has 1 aromatic rings. The fourth-order valence-electron chi connectivity index (χ4n) is 1.32. The lowest BCUT2D eigenvalue weighted by Crippen LogP contribution is -2.31. The van der Waals surface area contributed by atoms with E-state index in [0.29, 0.717) is 0 Å². The van der Waals surface area contributed by atoms with E-state index in [2.05, 4.69) is 0 Å². The Kier molecular flexibility index (Phi) is 3.76. The molecule has 0 aliphatic heterocycles. The Morgan fingerprint density at radius 1 is 1.35 bits per heavy atom. The number of ether oxygens (including phenoxy) is 1. The van der Waals surface area contributed by atoms with E-state index in [0.717, 1.165) is 5.56 Å². The number of ketones is 1. The summed E-state index contributed by atoms with van der Waals surface area (Å²) < 4.78 is 10.2. The maximum Gasteiger partial charge on any atom is 0.317 e. The standard InChI is InChI=1S/C13H18O4/c1-8-6-7-16-11(8)10(14)9(2)12(15)17-13(3,4)5/h6-7,9H,1-5H3. The second-order valence-corrected chi connectivity index (χ2v) is 5.05. The summed E-state index contributed by atoms with van der Waals surface area (Å²) in [5.41, 5.74) is 0.134. The van der Waals surface area contributed by atoms with E-state index in [1.165, 1.54) is 13.2 Å². The average molecular weight is 238 g/mol. The van der Waals surface area contributed by atoms with Gasteiger partial charge in [-0.1, -0.05) is 0 Å². The summed E-state index contributed by atoms with van der Waals surface area (Å²) in [6.45, 7) is 8.58. The highest BCUT2D eigenvalue weighted by Gasteiger charge is 2.30. The van der Waals surface area contributed by atoms with Crippen LogP contribution in [-0.4, -0.2) is 17.4 Å². The number of aryl methyl sites for hydroxylation is 1. The molecule has 0 radical (unpaired) electrons. The average Bonchev–Trinajstić information content (AvgIpc) is 2.59. The number of furan rings is 1. The van der Waals surface area contributed by atoms with Crippen molar-refractivity contribution in [1.29, 1.82) is 0 Å². The minimum absolute atomic E-state index is 0.225. The Labute approximate surface area is 101 Å². The Bertz CT molecular complexity index is 423.